The summed E-state index contributed by atoms with van der Waals surface area (Å²) in [5, 5.41) is 7.06. The number of para-hydroxylation sites is 1. The van der Waals surface area contributed by atoms with Crippen LogP contribution in [0.25, 0.3) is 10.9 Å². The van der Waals surface area contributed by atoms with Crippen molar-refractivity contribution in [2.75, 3.05) is 32.7 Å². The van der Waals surface area contributed by atoms with Crippen LogP contribution in [0.2, 0.25) is 0 Å². The molecule has 0 radical (unpaired) electrons. The Bertz CT molecular complexity index is 1630. The Morgan fingerprint density at radius 1 is 0.851 bits per heavy atom. The van der Waals surface area contributed by atoms with Crippen LogP contribution in [0.4, 0.5) is 4.79 Å². The molecule has 0 bridgehead atoms. The lowest BCUT2D eigenvalue weighted by atomic mass is 9.81. The highest BCUT2D eigenvalue weighted by Gasteiger charge is 2.53. The number of carbonyl (C=O) groups is 3. The molecule has 0 aliphatic carbocycles. The fourth-order valence-corrected chi connectivity index (χ4v) is 6.98. The van der Waals surface area contributed by atoms with Crippen molar-refractivity contribution >= 4 is 28.8 Å². The summed E-state index contributed by atoms with van der Waals surface area (Å²) in [6, 6.07) is 27.6. The summed E-state index contributed by atoms with van der Waals surface area (Å²) in [4.78, 5) is 47.9. The molecular weight excluding hydrogens is 590 g/mol. The first-order valence-electron chi connectivity index (χ1n) is 16.9. The summed E-state index contributed by atoms with van der Waals surface area (Å²) in [7, 11) is 0. The molecule has 2 fully saturated rings. The topological polar surface area (TPSA) is 107 Å². The van der Waals surface area contributed by atoms with E-state index in [4.69, 9.17) is 4.74 Å². The van der Waals surface area contributed by atoms with E-state index in [1.54, 1.807) is 0 Å². The predicted molar refractivity (Wildman–Crippen MR) is 183 cm³/mol. The molecule has 47 heavy (non-hydrogen) atoms. The summed E-state index contributed by atoms with van der Waals surface area (Å²) >= 11 is 0. The second-order valence-electron chi connectivity index (χ2n) is 12.7. The Kier molecular flexibility index (Phi) is 10.5. The van der Waals surface area contributed by atoms with Gasteiger partial charge in [0.2, 0.25) is 11.8 Å². The van der Waals surface area contributed by atoms with E-state index >= 15 is 0 Å². The minimum Gasteiger partial charge on any atom is -0.445 e. The summed E-state index contributed by atoms with van der Waals surface area (Å²) < 4.78 is 5.29. The Hall–Kier alpha value is -4.63. The number of alkyl carbamates (subject to hydrolysis) is 1. The molecule has 246 valence electrons. The Morgan fingerprint density at radius 2 is 1.55 bits per heavy atom. The molecule has 6 rings (SSSR count). The van der Waals surface area contributed by atoms with E-state index in [1.165, 1.54) is 5.56 Å². The van der Waals surface area contributed by atoms with E-state index in [1.807, 2.05) is 59.6 Å². The third kappa shape index (κ3) is 7.85. The minimum atomic E-state index is -0.840. The first-order valence-corrected chi connectivity index (χ1v) is 16.9. The summed E-state index contributed by atoms with van der Waals surface area (Å²) in [6.45, 7) is 3.62. The number of amides is 3. The molecule has 9 heteroatoms. The van der Waals surface area contributed by atoms with Crippen molar-refractivity contribution in [3.05, 3.63) is 108 Å². The average Bonchev–Trinajstić information content (AvgIpc) is 3.53. The smallest absolute Gasteiger partial charge is 0.407 e. The molecule has 3 amide bonds. The van der Waals surface area contributed by atoms with Crippen molar-refractivity contribution in [2.45, 2.75) is 63.1 Å². The van der Waals surface area contributed by atoms with Gasteiger partial charge in [-0.05, 0) is 67.7 Å². The zero-order chi connectivity index (χ0) is 32.5. The van der Waals surface area contributed by atoms with Gasteiger partial charge in [-0.1, -0.05) is 78.9 Å². The second-order valence-corrected chi connectivity index (χ2v) is 12.7. The number of aromatic nitrogens is 1. The van der Waals surface area contributed by atoms with Gasteiger partial charge in [-0.25, -0.2) is 4.79 Å². The van der Waals surface area contributed by atoms with E-state index < -0.39 is 17.7 Å². The lowest BCUT2D eigenvalue weighted by molar-refractivity contribution is -0.161. The zero-order valence-corrected chi connectivity index (χ0v) is 27.0. The molecule has 0 saturated carbocycles. The van der Waals surface area contributed by atoms with Gasteiger partial charge in [-0.15, -0.1) is 0 Å². The summed E-state index contributed by atoms with van der Waals surface area (Å²) in [6.07, 6.45) is 6.32. The monoisotopic (exact) mass is 635 g/mol. The molecule has 2 aliphatic heterocycles. The number of aromatic amines is 1. The molecule has 1 unspecified atom stereocenters. The Labute approximate surface area is 276 Å². The van der Waals surface area contributed by atoms with Crippen molar-refractivity contribution in [1.29, 1.82) is 0 Å². The van der Waals surface area contributed by atoms with E-state index in [0.717, 1.165) is 48.1 Å². The number of nitrogens with zero attached hydrogens (tertiary/aromatic N) is 2. The van der Waals surface area contributed by atoms with E-state index in [0.29, 0.717) is 51.6 Å². The molecule has 3 heterocycles. The average molecular weight is 636 g/mol. The number of carbonyl (C=O) groups excluding carboxylic acids is 3. The quantitative estimate of drug-likeness (QED) is 0.175. The molecule has 1 atom stereocenters. The molecule has 3 aromatic carbocycles. The number of nitrogens with one attached hydrogen (secondary N) is 3. The maximum atomic E-state index is 14.2. The number of unbranched alkanes of at least 4 members (excludes halogenated alkanes) is 1. The van der Waals surface area contributed by atoms with Crippen LogP contribution in [0, 0.1) is 0 Å². The standard InChI is InChI=1S/C38H45N5O4/c44-35-34(17-9-10-22-39-37(46)47-28-30-13-5-2-6-14-30)41-36(45)38(20-25-42(26-21-38)23-18-29-11-3-1-4-12-29)43(35)24-19-31-27-40-33-16-8-7-15-32(31)33/h1-8,11-16,27,34,40H,9-10,17-26,28H2,(H,39,46)(H,41,45). The largest absolute Gasteiger partial charge is 0.445 e. The molecule has 4 aromatic rings. The third-order valence-corrected chi connectivity index (χ3v) is 9.73. The number of likely N-dealkylation sites (tertiary alicyclic amines) is 1. The van der Waals surface area contributed by atoms with Gasteiger partial charge in [-0.2, -0.15) is 0 Å². The first-order chi connectivity index (χ1) is 23.0. The van der Waals surface area contributed by atoms with Crippen molar-refractivity contribution in [1.82, 2.24) is 25.4 Å². The van der Waals surface area contributed by atoms with Gasteiger partial charge in [0, 0.05) is 49.8 Å². The second kappa shape index (κ2) is 15.3. The summed E-state index contributed by atoms with van der Waals surface area (Å²) in [5.41, 5.74) is 3.62. The molecule has 1 aromatic heterocycles. The number of ether oxygens (including phenoxy) is 1. The number of hydrogen-bond acceptors (Lipinski definition) is 5. The Morgan fingerprint density at radius 3 is 2.32 bits per heavy atom. The highest BCUT2D eigenvalue weighted by molar-refractivity contribution is 6.00. The number of fused-ring (bicyclic) bond motifs is 1. The van der Waals surface area contributed by atoms with Crippen molar-refractivity contribution in [2.24, 2.45) is 0 Å². The third-order valence-electron chi connectivity index (χ3n) is 9.73. The molecule has 2 aliphatic rings. The number of piperazine rings is 1. The van der Waals surface area contributed by atoms with Gasteiger partial charge >= 0.3 is 6.09 Å². The highest BCUT2D eigenvalue weighted by atomic mass is 16.5. The SMILES string of the molecule is O=C(NCCCCC1NC(=O)C2(CCN(CCc3ccccc3)CC2)N(CCc2c[nH]c3ccccc23)C1=O)OCc1ccccc1. The van der Waals surface area contributed by atoms with Crippen LogP contribution in [0.5, 0.6) is 0 Å². The van der Waals surface area contributed by atoms with Crippen LogP contribution in [-0.4, -0.2) is 77.0 Å². The van der Waals surface area contributed by atoms with Crippen LogP contribution >= 0.6 is 0 Å². The van der Waals surface area contributed by atoms with Gasteiger partial charge in [0.25, 0.3) is 0 Å². The van der Waals surface area contributed by atoms with Crippen LogP contribution in [0.3, 0.4) is 0 Å². The van der Waals surface area contributed by atoms with Gasteiger partial charge in [0.15, 0.2) is 0 Å². The van der Waals surface area contributed by atoms with Gasteiger partial charge in [0.1, 0.15) is 18.2 Å². The fraction of sp³-hybridized carbons (Fsp3) is 0.395. The van der Waals surface area contributed by atoms with E-state index in [-0.39, 0.29) is 18.4 Å². The summed E-state index contributed by atoms with van der Waals surface area (Å²) in [5.74, 6) is -0.0382. The first kappa shape index (κ1) is 32.3. The fourth-order valence-electron chi connectivity index (χ4n) is 6.98. The number of benzene rings is 3. The lowest BCUT2D eigenvalue weighted by Crippen LogP contribution is -2.73. The number of hydrogen-bond donors (Lipinski definition) is 3. The van der Waals surface area contributed by atoms with Gasteiger partial charge < -0.3 is 30.2 Å². The predicted octanol–water partition coefficient (Wildman–Crippen LogP) is 5.21. The van der Waals surface area contributed by atoms with E-state index in [9.17, 15) is 14.4 Å². The Balaban J connectivity index is 1.05. The van der Waals surface area contributed by atoms with Crippen molar-refractivity contribution in [3.8, 4) is 0 Å². The van der Waals surface area contributed by atoms with Crippen molar-refractivity contribution in [3.63, 3.8) is 0 Å². The van der Waals surface area contributed by atoms with Crippen LogP contribution in [-0.2, 0) is 33.8 Å². The maximum Gasteiger partial charge on any atom is 0.407 e. The molecule has 9 nitrogen and oxygen atoms in total. The van der Waals surface area contributed by atoms with Crippen molar-refractivity contribution < 1.29 is 19.1 Å². The number of piperidine rings is 1. The van der Waals surface area contributed by atoms with Crippen LogP contribution in [0.15, 0.2) is 91.1 Å². The zero-order valence-electron chi connectivity index (χ0n) is 27.0. The highest BCUT2D eigenvalue weighted by Crippen LogP contribution is 2.34. The lowest BCUT2D eigenvalue weighted by Gasteiger charge is -2.51. The van der Waals surface area contributed by atoms with Crippen LogP contribution in [0.1, 0.15) is 48.8 Å². The number of rotatable bonds is 13. The molecule has 2 saturated heterocycles. The van der Waals surface area contributed by atoms with Gasteiger partial charge in [0.05, 0.1) is 0 Å². The van der Waals surface area contributed by atoms with E-state index in [2.05, 4.69) is 56.9 Å². The number of H-pyrrole nitrogens is 1. The minimum absolute atomic E-state index is 0.00240. The molecule has 1 spiro atoms. The molecular formula is C38H45N5O4. The van der Waals surface area contributed by atoms with Gasteiger partial charge in [-0.3, -0.25) is 9.59 Å². The maximum absolute atomic E-state index is 14.2. The normalized spacial score (nSPS) is 18.0. The molecule has 3 N–H and O–H groups in total. The van der Waals surface area contributed by atoms with Crippen LogP contribution < -0.4 is 10.6 Å².